The molecule has 0 spiro atoms. The van der Waals surface area contributed by atoms with Gasteiger partial charge < -0.3 is 10.1 Å². The van der Waals surface area contributed by atoms with Crippen LogP contribution in [0.4, 0.5) is 11.4 Å². The normalized spacial score (nSPS) is 14.2. The fraction of sp³-hybridized carbons (Fsp3) is 0.0690. The first-order valence-corrected chi connectivity index (χ1v) is 13.5. The molecule has 4 aromatic rings. The maximum Gasteiger partial charge on any atom is 0.270 e. The van der Waals surface area contributed by atoms with Gasteiger partial charge in [0, 0.05) is 22.7 Å². The minimum atomic E-state index is -4.20. The van der Waals surface area contributed by atoms with E-state index in [1.165, 1.54) is 10.4 Å². The average molecular weight is 531 g/mol. The predicted molar refractivity (Wildman–Crippen MR) is 147 cm³/mol. The largest absolute Gasteiger partial charge is 0.455 e. The molecule has 0 atom stereocenters. The summed E-state index contributed by atoms with van der Waals surface area (Å²) in [6.07, 6.45) is 0. The molecule has 0 saturated heterocycles. The Morgan fingerprint density at radius 3 is 2.24 bits per heavy atom. The molecular weight excluding hydrogens is 508 g/mol. The lowest BCUT2D eigenvalue weighted by molar-refractivity contribution is -0.112. The Morgan fingerprint density at radius 2 is 1.54 bits per heavy atom. The summed E-state index contributed by atoms with van der Waals surface area (Å²) in [4.78, 5) is 13.5. The molecule has 1 aliphatic heterocycles. The van der Waals surface area contributed by atoms with Crippen molar-refractivity contribution in [2.45, 2.75) is 6.92 Å². The zero-order valence-electron chi connectivity index (χ0n) is 19.9. The number of carbonyl (C=O) groups excluding carboxylic acids is 1. The van der Waals surface area contributed by atoms with Crippen molar-refractivity contribution in [1.82, 2.24) is 0 Å². The summed E-state index contributed by atoms with van der Waals surface area (Å²) in [5, 5.41) is 3.12. The van der Waals surface area contributed by atoms with Gasteiger partial charge in [-0.15, -0.1) is 0 Å². The summed E-state index contributed by atoms with van der Waals surface area (Å²) in [7, 11) is -4.20. The summed E-state index contributed by atoms with van der Waals surface area (Å²) in [5.74, 6) is 0.0969. The number of fused-ring (bicyclic) bond motifs is 1. The van der Waals surface area contributed by atoms with E-state index in [2.05, 4.69) is 5.32 Å². The van der Waals surface area contributed by atoms with Crippen LogP contribution in [0.5, 0.6) is 11.5 Å². The molecule has 6 nitrogen and oxygen atoms in total. The van der Waals surface area contributed by atoms with Crippen molar-refractivity contribution in [1.29, 1.82) is 0 Å². The molecule has 5 rings (SSSR count). The van der Waals surface area contributed by atoms with Gasteiger partial charge in [-0.25, -0.2) is 8.42 Å². The number of rotatable bonds is 6. The standard InChI is InChI=1S/C29H23ClN2O4S/c1-2-32-25-16-10-9-15-23(25)27(20-11-5-3-6-12-20)28(37(32,34)35)29(33)31-24-19-21(30)17-18-26(24)36-22-13-7-4-8-14-22/h3-19H,2H2,1H3,(H,31,33). The molecule has 1 heterocycles. The van der Waals surface area contributed by atoms with Gasteiger partial charge in [0.25, 0.3) is 15.9 Å². The smallest absolute Gasteiger partial charge is 0.270 e. The highest BCUT2D eigenvalue weighted by atomic mass is 35.5. The van der Waals surface area contributed by atoms with Crippen molar-refractivity contribution in [3.63, 3.8) is 0 Å². The summed E-state index contributed by atoms with van der Waals surface area (Å²) in [6.45, 7) is 1.90. The number of nitrogens with zero attached hydrogens (tertiary/aromatic N) is 1. The molecule has 4 aromatic carbocycles. The van der Waals surface area contributed by atoms with Gasteiger partial charge in [-0.1, -0.05) is 78.3 Å². The van der Waals surface area contributed by atoms with E-state index < -0.39 is 15.9 Å². The zero-order chi connectivity index (χ0) is 26.0. The number of sulfonamides is 1. The molecule has 0 radical (unpaired) electrons. The lowest BCUT2D eigenvalue weighted by atomic mass is 9.95. The fourth-order valence-electron chi connectivity index (χ4n) is 4.34. The van der Waals surface area contributed by atoms with Gasteiger partial charge in [-0.3, -0.25) is 9.10 Å². The number of benzene rings is 4. The molecule has 0 unspecified atom stereocenters. The summed E-state index contributed by atoms with van der Waals surface area (Å²) < 4.78 is 35.0. The van der Waals surface area contributed by atoms with Crippen LogP contribution in [-0.2, 0) is 14.8 Å². The van der Waals surface area contributed by atoms with Gasteiger partial charge in [0.2, 0.25) is 0 Å². The Hall–Kier alpha value is -4.07. The molecule has 0 fully saturated rings. The Kier molecular flexibility index (Phi) is 6.74. The van der Waals surface area contributed by atoms with Crippen LogP contribution in [0.25, 0.3) is 5.57 Å². The van der Waals surface area contributed by atoms with Crippen molar-refractivity contribution in [3.05, 3.63) is 124 Å². The van der Waals surface area contributed by atoms with Crippen molar-refractivity contribution >= 4 is 44.5 Å². The number of hydrogen-bond acceptors (Lipinski definition) is 4. The first kappa shape index (κ1) is 24.6. The average Bonchev–Trinajstić information content (AvgIpc) is 2.90. The van der Waals surface area contributed by atoms with Crippen molar-refractivity contribution in [3.8, 4) is 11.5 Å². The number of ether oxygens (including phenoxy) is 1. The van der Waals surface area contributed by atoms with Crippen molar-refractivity contribution in [2.75, 3.05) is 16.2 Å². The van der Waals surface area contributed by atoms with Gasteiger partial charge >= 0.3 is 0 Å². The zero-order valence-corrected chi connectivity index (χ0v) is 21.5. The summed E-state index contributed by atoms with van der Waals surface area (Å²) in [5.41, 5.74) is 2.38. The van der Waals surface area contributed by atoms with Gasteiger partial charge in [0.05, 0.1) is 11.4 Å². The van der Waals surface area contributed by atoms with E-state index >= 15 is 0 Å². The maximum atomic E-state index is 13.9. The van der Waals surface area contributed by atoms with E-state index in [1.807, 2.05) is 48.5 Å². The molecule has 1 aliphatic rings. The molecule has 37 heavy (non-hydrogen) atoms. The lowest BCUT2D eigenvalue weighted by Crippen LogP contribution is -2.39. The highest BCUT2D eigenvalue weighted by Crippen LogP contribution is 2.43. The van der Waals surface area contributed by atoms with Crippen LogP contribution in [0.3, 0.4) is 0 Å². The lowest BCUT2D eigenvalue weighted by Gasteiger charge is -2.32. The molecule has 186 valence electrons. The van der Waals surface area contributed by atoms with Crippen LogP contribution in [0.2, 0.25) is 5.02 Å². The number of amides is 1. The highest BCUT2D eigenvalue weighted by Gasteiger charge is 2.40. The first-order chi connectivity index (χ1) is 17.9. The first-order valence-electron chi connectivity index (χ1n) is 11.7. The number of carbonyl (C=O) groups is 1. The third-order valence-corrected chi connectivity index (χ3v) is 8.11. The molecule has 0 saturated carbocycles. The quantitative estimate of drug-likeness (QED) is 0.301. The molecular formula is C29H23ClN2O4S. The predicted octanol–water partition coefficient (Wildman–Crippen LogP) is 6.70. The molecule has 1 amide bonds. The highest BCUT2D eigenvalue weighted by molar-refractivity contribution is 7.97. The number of nitrogens with one attached hydrogen (secondary N) is 1. The monoisotopic (exact) mass is 530 g/mol. The van der Waals surface area contributed by atoms with Gasteiger partial charge in [-0.05, 0) is 48.9 Å². The second-order valence-corrected chi connectivity index (χ2v) is 10.5. The van der Waals surface area contributed by atoms with Crippen LogP contribution in [-0.4, -0.2) is 20.9 Å². The minimum Gasteiger partial charge on any atom is -0.455 e. The van der Waals surface area contributed by atoms with E-state index in [-0.39, 0.29) is 17.1 Å². The Labute approximate surface area is 220 Å². The third-order valence-electron chi connectivity index (χ3n) is 5.93. The molecule has 0 bridgehead atoms. The van der Waals surface area contributed by atoms with Gasteiger partial charge in [-0.2, -0.15) is 0 Å². The van der Waals surface area contributed by atoms with Gasteiger partial charge in [0.1, 0.15) is 5.75 Å². The number of anilines is 2. The van der Waals surface area contributed by atoms with E-state index in [0.29, 0.717) is 38.9 Å². The molecule has 8 heteroatoms. The fourth-order valence-corrected chi connectivity index (χ4v) is 6.26. The molecule has 0 aliphatic carbocycles. The second-order valence-electron chi connectivity index (χ2n) is 8.27. The van der Waals surface area contributed by atoms with Crippen molar-refractivity contribution < 1.29 is 17.9 Å². The van der Waals surface area contributed by atoms with E-state index in [9.17, 15) is 13.2 Å². The Morgan fingerprint density at radius 1 is 0.892 bits per heavy atom. The SMILES string of the molecule is CCN1c2ccccc2C(c2ccccc2)=C(C(=O)Nc2cc(Cl)ccc2Oc2ccccc2)S1(=O)=O. The number of hydrogen-bond donors (Lipinski definition) is 1. The third kappa shape index (κ3) is 4.71. The van der Waals surface area contributed by atoms with Crippen molar-refractivity contribution in [2.24, 2.45) is 0 Å². The van der Waals surface area contributed by atoms with Crippen LogP contribution >= 0.6 is 11.6 Å². The topological polar surface area (TPSA) is 75.7 Å². The van der Waals surface area contributed by atoms with Crippen LogP contribution in [0.15, 0.2) is 108 Å². The van der Waals surface area contributed by atoms with E-state index in [1.54, 1.807) is 55.5 Å². The second kappa shape index (κ2) is 10.1. The van der Waals surface area contributed by atoms with E-state index in [4.69, 9.17) is 16.3 Å². The van der Waals surface area contributed by atoms with Crippen LogP contribution in [0, 0.1) is 0 Å². The Bertz CT molecular complexity index is 1600. The van der Waals surface area contributed by atoms with Gasteiger partial charge in [0.15, 0.2) is 10.7 Å². The summed E-state index contributed by atoms with van der Waals surface area (Å²) in [6, 6.07) is 30.1. The number of para-hydroxylation sites is 2. The number of halogens is 1. The summed E-state index contributed by atoms with van der Waals surface area (Å²) >= 11 is 6.24. The maximum absolute atomic E-state index is 13.9. The Balaban J connectivity index is 1.67. The van der Waals surface area contributed by atoms with Crippen LogP contribution < -0.4 is 14.4 Å². The van der Waals surface area contributed by atoms with E-state index in [0.717, 1.165) is 0 Å². The van der Waals surface area contributed by atoms with Crippen LogP contribution in [0.1, 0.15) is 18.1 Å². The minimum absolute atomic E-state index is 0.164. The molecule has 1 N–H and O–H groups in total. The molecule has 0 aromatic heterocycles.